The van der Waals surface area contributed by atoms with Crippen LogP contribution in [-0.2, 0) is 4.79 Å². The summed E-state index contributed by atoms with van der Waals surface area (Å²) < 4.78 is 0.754. The van der Waals surface area contributed by atoms with E-state index < -0.39 is 12.0 Å². The second-order valence-electron chi connectivity index (χ2n) is 3.43. The van der Waals surface area contributed by atoms with Crippen molar-refractivity contribution < 1.29 is 9.90 Å². The van der Waals surface area contributed by atoms with Crippen molar-refractivity contribution in [1.29, 1.82) is 0 Å². The van der Waals surface area contributed by atoms with E-state index >= 15 is 0 Å². The zero-order chi connectivity index (χ0) is 11.4. The van der Waals surface area contributed by atoms with E-state index in [0.29, 0.717) is 5.95 Å². The maximum Gasteiger partial charge on any atom is 0.326 e. The highest BCUT2D eigenvalue weighted by Gasteiger charge is 2.21. The van der Waals surface area contributed by atoms with Crippen molar-refractivity contribution in [3.05, 3.63) is 16.9 Å². The molecule has 0 aromatic carbocycles. The lowest BCUT2D eigenvalue weighted by Crippen LogP contribution is -2.34. The van der Waals surface area contributed by atoms with E-state index in [9.17, 15) is 4.79 Å². The molecule has 0 saturated heterocycles. The van der Waals surface area contributed by atoms with Gasteiger partial charge in [-0.1, -0.05) is 13.8 Å². The molecular formula is C9H12BrN3O2. The molecule has 0 aliphatic rings. The first-order valence-corrected chi connectivity index (χ1v) is 5.27. The molecule has 0 aliphatic heterocycles. The molecule has 1 heterocycles. The van der Waals surface area contributed by atoms with Gasteiger partial charge in [0.05, 0.1) is 4.47 Å². The Bertz CT molecular complexity index is 340. The third kappa shape index (κ3) is 3.47. The first-order chi connectivity index (χ1) is 7.00. The summed E-state index contributed by atoms with van der Waals surface area (Å²) in [5, 5.41) is 11.7. The molecule has 0 aliphatic carbocycles. The normalized spacial score (nSPS) is 12.5. The smallest absolute Gasteiger partial charge is 0.326 e. The molecule has 0 fully saturated rings. The van der Waals surface area contributed by atoms with E-state index in [1.54, 1.807) is 12.4 Å². The van der Waals surface area contributed by atoms with E-state index in [1.165, 1.54) is 0 Å². The molecule has 1 aromatic rings. The van der Waals surface area contributed by atoms with Gasteiger partial charge in [-0.05, 0) is 21.8 Å². The van der Waals surface area contributed by atoms with Gasteiger partial charge in [0.1, 0.15) is 6.04 Å². The summed E-state index contributed by atoms with van der Waals surface area (Å²) >= 11 is 3.20. The SMILES string of the molecule is CC(C)[C@@H](Nc1ncc(Br)cn1)C(=O)O. The topological polar surface area (TPSA) is 75.1 Å². The number of hydrogen-bond acceptors (Lipinski definition) is 4. The average molecular weight is 274 g/mol. The van der Waals surface area contributed by atoms with Crippen molar-refractivity contribution >= 4 is 27.8 Å². The highest BCUT2D eigenvalue weighted by molar-refractivity contribution is 9.10. The standard InChI is InChI=1S/C9H12BrN3O2/c1-5(2)7(8(14)15)13-9-11-3-6(10)4-12-9/h3-5,7H,1-2H3,(H,14,15)(H,11,12,13)/t7-/m1/s1. The molecule has 0 unspecified atom stereocenters. The number of nitrogens with zero attached hydrogens (tertiary/aromatic N) is 2. The number of carbonyl (C=O) groups is 1. The van der Waals surface area contributed by atoms with Crippen molar-refractivity contribution in [2.45, 2.75) is 19.9 Å². The second kappa shape index (κ2) is 5.06. The number of halogens is 1. The van der Waals surface area contributed by atoms with Crippen molar-refractivity contribution in [1.82, 2.24) is 9.97 Å². The van der Waals surface area contributed by atoms with Crippen LogP contribution in [0.5, 0.6) is 0 Å². The molecule has 1 rings (SSSR count). The summed E-state index contributed by atoms with van der Waals surface area (Å²) in [5.41, 5.74) is 0. The van der Waals surface area contributed by atoms with Crippen LogP contribution < -0.4 is 5.32 Å². The largest absolute Gasteiger partial charge is 0.480 e. The Morgan fingerprint density at radius 1 is 1.47 bits per heavy atom. The minimum atomic E-state index is -0.906. The molecule has 0 bridgehead atoms. The number of anilines is 1. The molecule has 15 heavy (non-hydrogen) atoms. The lowest BCUT2D eigenvalue weighted by atomic mass is 10.1. The van der Waals surface area contributed by atoms with Crippen molar-refractivity contribution in [3.8, 4) is 0 Å². The summed E-state index contributed by atoms with van der Waals surface area (Å²) in [7, 11) is 0. The Hall–Kier alpha value is -1.17. The van der Waals surface area contributed by atoms with E-state index in [0.717, 1.165) is 4.47 Å². The zero-order valence-electron chi connectivity index (χ0n) is 8.44. The number of aromatic nitrogens is 2. The van der Waals surface area contributed by atoms with Gasteiger partial charge in [0.25, 0.3) is 0 Å². The van der Waals surface area contributed by atoms with Gasteiger partial charge in [0.2, 0.25) is 5.95 Å². The molecule has 0 amide bonds. The van der Waals surface area contributed by atoms with Crippen LogP contribution in [0.4, 0.5) is 5.95 Å². The van der Waals surface area contributed by atoms with Crippen LogP contribution in [0, 0.1) is 5.92 Å². The fourth-order valence-electron chi connectivity index (χ4n) is 1.04. The zero-order valence-corrected chi connectivity index (χ0v) is 10.0. The quantitative estimate of drug-likeness (QED) is 0.875. The molecule has 6 heteroatoms. The number of carboxylic acid groups (broad SMARTS) is 1. The Labute approximate surface area is 96.1 Å². The van der Waals surface area contributed by atoms with E-state index in [1.807, 2.05) is 13.8 Å². The van der Waals surface area contributed by atoms with Gasteiger partial charge in [0, 0.05) is 12.4 Å². The highest BCUT2D eigenvalue weighted by atomic mass is 79.9. The third-order valence-electron chi connectivity index (χ3n) is 1.84. The minimum Gasteiger partial charge on any atom is -0.480 e. The maximum absolute atomic E-state index is 10.9. The second-order valence-corrected chi connectivity index (χ2v) is 4.34. The highest BCUT2D eigenvalue weighted by Crippen LogP contribution is 2.11. The van der Waals surface area contributed by atoms with Gasteiger partial charge >= 0.3 is 5.97 Å². The number of hydrogen-bond donors (Lipinski definition) is 2. The van der Waals surface area contributed by atoms with Crippen LogP contribution in [-0.4, -0.2) is 27.1 Å². The van der Waals surface area contributed by atoms with Crippen LogP contribution in [0.3, 0.4) is 0 Å². The monoisotopic (exact) mass is 273 g/mol. The molecular weight excluding hydrogens is 262 g/mol. The van der Waals surface area contributed by atoms with Gasteiger partial charge in [-0.15, -0.1) is 0 Å². The Balaban J connectivity index is 2.74. The van der Waals surface area contributed by atoms with Crippen LogP contribution in [0.25, 0.3) is 0 Å². The van der Waals surface area contributed by atoms with E-state index in [2.05, 4.69) is 31.2 Å². The molecule has 0 spiro atoms. The third-order valence-corrected chi connectivity index (χ3v) is 2.25. The Morgan fingerprint density at radius 2 is 2.00 bits per heavy atom. The van der Waals surface area contributed by atoms with Crippen LogP contribution in [0.1, 0.15) is 13.8 Å². The molecule has 5 nitrogen and oxygen atoms in total. The van der Waals surface area contributed by atoms with E-state index in [-0.39, 0.29) is 5.92 Å². The molecule has 82 valence electrons. The summed E-state index contributed by atoms with van der Waals surface area (Å²) in [4.78, 5) is 18.8. The first kappa shape index (κ1) is 11.9. The van der Waals surface area contributed by atoms with Gasteiger partial charge in [0.15, 0.2) is 0 Å². The maximum atomic E-state index is 10.9. The Kier molecular flexibility index (Phi) is 4.02. The fraction of sp³-hybridized carbons (Fsp3) is 0.444. The molecule has 0 saturated carbocycles. The van der Waals surface area contributed by atoms with Crippen molar-refractivity contribution in [2.75, 3.05) is 5.32 Å². The molecule has 1 atom stereocenters. The summed E-state index contributed by atoms with van der Waals surface area (Å²) in [6.45, 7) is 3.65. The van der Waals surface area contributed by atoms with Gasteiger partial charge in [-0.2, -0.15) is 0 Å². The van der Waals surface area contributed by atoms with Gasteiger partial charge in [-0.3, -0.25) is 0 Å². The van der Waals surface area contributed by atoms with E-state index in [4.69, 9.17) is 5.11 Å². The number of nitrogens with one attached hydrogen (secondary N) is 1. The van der Waals surface area contributed by atoms with Crippen molar-refractivity contribution in [3.63, 3.8) is 0 Å². The van der Waals surface area contributed by atoms with Gasteiger partial charge in [-0.25, -0.2) is 14.8 Å². The number of rotatable bonds is 4. The fourth-order valence-corrected chi connectivity index (χ4v) is 1.24. The lowest BCUT2D eigenvalue weighted by Gasteiger charge is -2.17. The molecule has 2 N–H and O–H groups in total. The summed E-state index contributed by atoms with van der Waals surface area (Å²) in [5.74, 6) is -0.620. The number of aliphatic carboxylic acids is 1. The summed E-state index contributed by atoms with van der Waals surface area (Å²) in [6.07, 6.45) is 3.13. The van der Waals surface area contributed by atoms with Crippen molar-refractivity contribution in [2.24, 2.45) is 5.92 Å². The predicted molar refractivity (Wildman–Crippen MR) is 59.6 cm³/mol. The van der Waals surface area contributed by atoms with Crippen LogP contribution in [0.2, 0.25) is 0 Å². The molecule has 0 radical (unpaired) electrons. The Morgan fingerprint density at radius 3 is 2.40 bits per heavy atom. The first-order valence-electron chi connectivity index (χ1n) is 4.47. The average Bonchev–Trinajstić information content (AvgIpc) is 2.15. The molecule has 1 aromatic heterocycles. The number of carboxylic acids is 1. The summed E-state index contributed by atoms with van der Waals surface area (Å²) in [6, 6.07) is -0.675. The van der Waals surface area contributed by atoms with Crippen LogP contribution >= 0.6 is 15.9 Å². The lowest BCUT2D eigenvalue weighted by molar-refractivity contribution is -0.138. The minimum absolute atomic E-state index is 0.0326. The van der Waals surface area contributed by atoms with Crippen LogP contribution in [0.15, 0.2) is 16.9 Å². The van der Waals surface area contributed by atoms with Gasteiger partial charge < -0.3 is 10.4 Å². The predicted octanol–water partition coefficient (Wildman–Crippen LogP) is 1.76.